The van der Waals surface area contributed by atoms with Gasteiger partial charge < -0.3 is 15.4 Å². The van der Waals surface area contributed by atoms with Crippen molar-refractivity contribution in [3.05, 3.63) is 83.6 Å². The summed E-state index contributed by atoms with van der Waals surface area (Å²) in [5.41, 5.74) is 2.67. The molecule has 0 unspecified atom stereocenters. The fraction of sp³-hybridized carbons (Fsp3) is 0.227. The van der Waals surface area contributed by atoms with E-state index in [9.17, 15) is 4.79 Å². The van der Waals surface area contributed by atoms with Crippen LogP contribution in [0.1, 0.15) is 21.6 Å². The number of hydrogen-bond acceptors (Lipinski definition) is 5. The van der Waals surface area contributed by atoms with E-state index in [1.54, 1.807) is 19.2 Å². The van der Waals surface area contributed by atoms with Gasteiger partial charge >= 0.3 is 0 Å². The van der Waals surface area contributed by atoms with E-state index in [4.69, 9.17) is 4.74 Å². The lowest BCUT2D eigenvalue weighted by Crippen LogP contribution is -2.26. The monoisotopic (exact) mass is 376 g/mol. The van der Waals surface area contributed by atoms with Crippen molar-refractivity contribution in [3.63, 3.8) is 0 Å². The lowest BCUT2D eigenvalue weighted by Gasteiger charge is -2.08. The Hall–Kier alpha value is -3.41. The number of carbonyl (C=O) groups is 1. The van der Waals surface area contributed by atoms with Gasteiger partial charge in [-0.1, -0.05) is 42.5 Å². The molecule has 0 fully saturated rings. The summed E-state index contributed by atoms with van der Waals surface area (Å²) in [6, 6.07) is 21.4. The molecule has 2 aromatic carbocycles. The molecule has 1 aromatic heterocycles. The van der Waals surface area contributed by atoms with E-state index >= 15 is 0 Å². The summed E-state index contributed by atoms with van der Waals surface area (Å²) in [5, 5.41) is 14.2. The number of anilines is 1. The molecular weight excluding hydrogens is 352 g/mol. The molecule has 0 aliphatic heterocycles. The molecule has 3 aromatic rings. The number of ether oxygens (including phenoxy) is 1. The van der Waals surface area contributed by atoms with E-state index in [0.717, 1.165) is 18.6 Å². The van der Waals surface area contributed by atoms with Gasteiger partial charge in [0.25, 0.3) is 5.91 Å². The van der Waals surface area contributed by atoms with Gasteiger partial charge in [-0.05, 0) is 48.2 Å². The van der Waals surface area contributed by atoms with Gasteiger partial charge in [-0.3, -0.25) is 4.79 Å². The number of methoxy groups -OCH3 is 1. The van der Waals surface area contributed by atoms with Crippen LogP contribution in [0.5, 0.6) is 5.75 Å². The van der Waals surface area contributed by atoms with Gasteiger partial charge in [-0.2, -0.15) is 0 Å². The highest BCUT2D eigenvalue weighted by Crippen LogP contribution is 2.13. The minimum atomic E-state index is -0.216. The Labute approximate surface area is 165 Å². The molecule has 6 heteroatoms. The number of nitrogens with one attached hydrogen (secondary N) is 2. The predicted molar refractivity (Wildman–Crippen MR) is 110 cm³/mol. The highest BCUT2D eigenvalue weighted by atomic mass is 16.5. The third kappa shape index (κ3) is 5.81. The second-order valence-corrected chi connectivity index (χ2v) is 6.32. The highest BCUT2D eigenvalue weighted by molar-refractivity contribution is 5.92. The van der Waals surface area contributed by atoms with Crippen LogP contribution in [-0.2, 0) is 12.8 Å². The van der Waals surface area contributed by atoms with E-state index < -0.39 is 0 Å². The second kappa shape index (κ2) is 10.1. The van der Waals surface area contributed by atoms with Crippen molar-refractivity contribution in [2.45, 2.75) is 12.8 Å². The molecule has 1 heterocycles. The summed E-state index contributed by atoms with van der Waals surface area (Å²) in [5.74, 6) is 1.27. The van der Waals surface area contributed by atoms with E-state index in [0.29, 0.717) is 24.6 Å². The molecule has 0 saturated heterocycles. The number of benzene rings is 2. The first-order valence-corrected chi connectivity index (χ1v) is 9.27. The number of amides is 1. The fourth-order valence-electron chi connectivity index (χ4n) is 2.77. The summed E-state index contributed by atoms with van der Waals surface area (Å²) in [6.45, 7) is 1.27. The third-order valence-corrected chi connectivity index (χ3v) is 4.29. The van der Waals surface area contributed by atoms with Crippen molar-refractivity contribution in [3.8, 4) is 5.75 Å². The van der Waals surface area contributed by atoms with Crippen LogP contribution in [0.4, 0.5) is 5.82 Å². The zero-order valence-electron chi connectivity index (χ0n) is 15.9. The quantitative estimate of drug-likeness (QED) is 0.600. The van der Waals surface area contributed by atoms with Gasteiger partial charge in [0.1, 0.15) is 11.6 Å². The fourth-order valence-corrected chi connectivity index (χ4v) is 2.77. The first kappa shape index (κ1) is 19.4. The van der Waals surface area contributed by atoms with Crippen LogP contribution < -0.4 is 15.4 Å². The minimum absolute atomic E-state index is 0.216. The van der Waals surface area contributed by atoms with Crippen molar-refractivity contribution < 1.29 is 9.53 Å². The first-order valence-electron chi connectivity index (χ1n) is 9.27. The molecule has 0 aliphatic rings. The zero-order valence-corrected chi connectivity index (χ0v) is 15.9. The molecule has 0 aliphatic carbocycles. The van der Waals surface area contributed by atoms with Gasteiger partial charge in [0, 0.05) is 13.1 Å². The molecule has 2 N–H and O–H groups in total. The number of nitrogens with zero attached hydrogens (tertiary/aromatic N) is 2. The van der Waals surface area contributed by atoms with E-state index in [1.165, 1.54) is 11.1 Å². The molecular formula is C22H24N4O2. The van der Waals surface area contributed by atoms with Crippen LogP contribution in [0.25, 0.3) is 0 Å². The minimum Gasteiger partial charge on any atom is -0.497 e. The van der Waals surface area contributed by atoms with E-state index in [1.807, 2.05) is 48.5 Å². The Morgan fingerprint density at radius 2 is 1.68 bits per heavy atom. The first-order chi connectivity index (χ1) is 13.7. The van der Waals surface area contributed by atoms with Crippen molar-refractivity contribution in [2.75, 3.05) is 25.5 Å². The van der Waals surface area contributed by atoms with Crippen molar-refractivity contribution in [2.24, 2.45) is 0 Å². The Balaban J connectivity index is 1.43. The SMILES string of the molecule is COc1cccc(CCNc2ccc(C(=O)NCCc3ccccc3)nn2)c1. The topological polar surface area (TPSA) is 76.1 Å². The summed E-state index contributed by atoms with van der Waals surface area (Å²) in [4.78, 5) is 12.2. The molecule has 0 atom stereocenters. The van der Waals surface area contributed by atoms with Crippen LogP contribution in [0.15, 0.2) is 66.7 Å². The molecule has 0 saturated carbocycles. The molecule has 0 bridgehead atoms. The van der Waals surface area contributed by atoms with Gasteiger partial charge in [0.15, 0.2) is 5.69 Å². The van der Waals surface area contributed by atoms with Gasteiger partial charge in [-0.15, -0.1) is 10.2 Å². The van der Waals surface area contributed by atoms with Crippen molar-refractivity contribution >= 4 is 11.7 Å². The summed E-state index contributed by atoms with van der Waals surface area (Å²) in [7, 11) is 1.66. The average Bonchev–Trinajstić information content (AvgIpc) is 2.75. The van der Waals surface area contributed by atoms with Crippen LogP contribution >= 0.6 is 0 Å². The van der Waals surface area contributed by atoms with Crippen LogP contribution in [0.2, 0.25) is 0 Å². The van der Waals surface area contributed by atoms with Gasteiger partial charge in [-0.25, -0.2) is 0 Å². The molecule has 3 rings (SSSR count). The number of hydrogen-bond donors (Lipinski definition) is 2. The number of carbonyl (C=O) groups excluding carboxylic acids is 1. The summed E-state index contributed by atoms with van der Waals surface area (Å²) >= 11 is 0. The maximum Gasteiger partial charge on any atom is 0.271 e. The third-order valence-electron chi connectivity index (χ3n) is 4.29. The molecule has 28 heavy (non-hydrogen) atoms. The van der Waals surface area contributed by atoms with Crippen molar-refractivity contribution in [1.29, 1.82) is 0 Å². The molecule has 1 amide bonds. The molecule has 144 valence electrons. The average molecular weight is 376 g/mol. The molecule has 0 radical (unpaired) electrons. The smallest absolute Gasteiger partial charge is 0.271 e. The van der Waals surface area contributed by atoms with Gasteiger partial charge in [0.05, 0.1) is 7.11 Å². The number of rotatable bonds is 9. The normalized spacial score (nSPS) is 10.3. The molecule has 6 nitrogen and oxygen atoms in total. The van der Waals surface area contributed by atoms with E-state index in [-0.39, 0.29) is 5.91 Å². The maximum atomic E-state index is 12.2. The summed E-state index contributed by atoms with van der Waals surface area (Å²) in [6.07, 6.45) is 1.62. The standard InChI is InChI=1S/C22H24N4O2/c1-28-19-9-5-8-18(16-19)13-14-23-21-11-10-20(25-26-21)22(27)24-15-12-17-6-3-2-4-7-17/h2-11,16H,12-15H2,1H3,(H,23,26)(H,24,27). The van der Waals surface area contributed by atoms with Gasteiger partial charge in [0.2, 0.25) is 0 Å². The van der Waals surface area contributed by atoms with Crippen LogP contribution in [0.3, 0.4) is 0 Å². The van der Waals surface area contributed by atoms with Crippen LogP contribution in [0, 0.1) is 0 Å². The van der Waals surface area contributed by atoms with Crippen molar-refractivity contribution in [1.82, 2.24) is 15.5 Å². The predicted octanol–water partition coefficient (Wildman–Crippen LogP) is 3.11. The Kier molecular flexibility index (Phi) is 6.95. The summed E-state index contributed by atoms with van der Waals surface area (Å²) < 4.78 is 5.23. The Bertz CT molecular complexity index is 883. The number of aromatic nitrogens is 2. The maximum absolute atomic E-state index is 12.2. The molecule has 0 spiro atoms. The lowest BCUT2D eigenvalue weighted by atomic mass is 10.1. The second-order valence-electron chi connectivity index (χ2n) is 6.32. The van der Waals surface area contributed by atoms with E-state index in [2.05, 4.69) is 26.9 Å². The zero-order chi connectivity index (χ0) is 19.6. The lowest BCUT2D eigenvalue weighted by molar-refractivity contribution is 0.0948. The Morgan fingerprint density at radius 3 is 2.43 bits per heavy atom. The van der Waals surface area contributed by atoms with Crippen LogP contribution in [-0.4, -0.2) is 36.3 Å². The highest BCUT2D eigenvalue weighted by Gasteiger charge is 2.07. The Morgan fingerprint density at radius 1 is 0.893 bits per heavy atom. The largest absolute Gasteiger partial charge is 0.497 e.